The van der Waals surface area contributed by atoms with Crippen LogP contribution in [0.25, 0.3) is 0 Å². The molecule has 0 unspecified atom stereocenters. The topological polar surface area (TPSA) is 77.2 Å². The maximum absolute atomic E-state index is 12.9. The minimum atomic E-state index is -0.539. The predicted molar refractivity (Wildman–Crippen MR) is 94.6 cm³/mol. The van der Waals surface area contributed by atoms with Crippen molar-refractivity contribution < 1.29 is 13.9 Å². The maximum Gasteiger partial charge on any atom is 0.227 e. The number of carbonyl (C=O) groups excluding carboxylic acids is 1. The predicted octanol–water partition coefficient (Wildman–Crippen LogP) is 3.39. The summed E-state index contributed by atoms with van der Waals surface area (Å²) in [7, 11) is 0. The fourth-order valence-electron chi connectivity index (χ4n) is 2.57. The van der Waals surface area contributed by atoms with Crippen molar-refractivity contribution >= 4 is 5.91 Å². The van der Waals surface area contributed by atoms with Gasteiger partial charge in [-0.05, 0) is 43.2 Å². The van der Waals surface area contributed by atoms with Gasteiger partial charge in [-0.1, -0.05) is 13.8 Å². The number of rotatable bonds is 8. The SMILES string of the molecule is CCC(CC)(CN)C(=O)NCc1cc(Oc2ccc(F)cc2)ccn1. The number of nitrogens with zero attached hydrogens (tertiary/aromatic N) is 1. The van der Waals surface area contributed by atoms with E-state index in [1.54, 1.807) is 30.5 Å². The third-order valence-electron chi connectivity index (χ3n) is 4.49. The molecule has 1 amide bonds. The van der Waals surface area contributed by atoms with Crippen molar-refractivity contribution in [3.05, 3.63) is 54.1 Å². The van der Waals surface area contributed by atoms with E-state index < -0.39 is 5.41 Å². The van der Waals surface area contributed by atoms with Gasteiger partial charge in [-0.15, -0.1) is 0 Å². The number of hydrogen-bond donors (Lipinski definition) is 2. The van der Waals surface area contributed by atoms with Crippen LogP contribution in [0.4, 0.5) is 4.39 Å². The van der Waals surface area contributed by atoms with Crippen LogP contribution in [0.1, 0.15) is 32.4 Å². The van der Waals surface area contributed by atoms with E-state index in [1.165, 1.54) is 12.1 Å². The standard InChI is InChI=1S/C19H24FN3O2/c1-3-19(4-2,13-21)18(24)23-12-15-11-17(9-10-22-15)25-16-7-5-14(20)6-8-16/h5-11H,3-4,12-13,21H2,1-2H3,(H,23,24). The first-order valence-electron chi connectivity index (χ1n) is 8.39. The number of benzene rings is 1. The van der Waals surface area contributed by atoms with Gasteiger partial charge in [-0.3, -0.25) is 9.78 Å². The number of hydrogen-bond acceptors (Lipinski definition) is 4. The molecule has 2 rings (SSSR count). The Morgan fingerprint density at radius 1 is 1.20 bits per heavy atom. The lowest BCUT2D eigenvalue weighted by atomic mass is 9.81. The molecule has 3 N–H and O–H groups in total. The van der Waals surface area contributed by atoms with Gasteiger partial charge in [0, 0.05) is 18.8 Å². The Balaban J connectivity index is 2.01. The Hall–Kier alpha value is -2.47. The van der Waals surface area contributed by atoms with Crippen molar-refractivity contribution in [1.29, 1.82) is 0 Å². The lowest BCUT2D eigenvalue weighted by Gasteiger charge is -2.28. The van der Waals surface area contributed by atoms with Crippen LogP contribution < -0.4 is 15.8 Å². The van der Waals surface area contributed by atoms with Gasteiger partial charge in [0.15, 0.2) is 0 Å². The van der Waals surface area contributed by atoms with E-state index in [0.29, 0.717) is 43.1 Å². The quantitative estimate of drug-likeness (QED) is 0.769. The molecule has 0 aliphatic heterocycles. The van der Waals surface area contributed by atoms with Gasteiger partial charge in [0.25, 0.3) is 0 Å². The largest absolute Gasteiger partial charge is 0.457 e. The monoisotopic (exact) mass is 345 g/mol. The minimum absolute atomic E-state index is 0.0633. The molecule has 25 heavy (non-hydrogen) atoms. The van der Waals surface area contributed by atoms with E-state index in [-0.39, 0.29) is 11.7 Å². The summed E-state index contributed by atoms with van der Waals surface area (Å²) < 4.78 is 18.6. The average Bonchev–Trinajstić information content (AvgIpc) is 2.64. The molecule has 1 aromatic carbocycles. The molecule has 6 heteroatoms. The van der Waals surface area contributed by atoms with Gasteiger partial charge in [0.1, 0.15) is 17.3 Å². The van der Waals surface area contributed by atoms with Gasteiger partial charge in [-0.25, -0.2) is 4.39 Å². The molecule has 0 spiro atoms. The molecule has 0 radical (unpaired) electrons. The highest BCUT2D eigenvalue weighted by Gasteiger charge is 2.32. The number of nitrogens with two attached hydrogens (primary N) is 1. The van der Waals surface area contributed by atoms with Crippen LogP contribution in [-0.2, 0) is 11.3 Å². The number of amides is 1. The highest BCUT2D eigenvalue weighted by molar-refractivity contribution is 5.82. The first kappa shape index (κ1) is 18.9. The van der Waals surface area contributed by atoms with Crippen molar-refractivity contribution in [2.75, 3.05) is 6.54 Å². The van der Waals surface area contributed by atoms with E-state index in [4.69, 9.17) is 10.5 Å². The second-order valence-corrected chi connectivity index (χ2v) is 5.91. The second-order valence-electron chi connectivity index (χ2n) is 5.91. The Morgan fingerprint density at radius 3 is 2.48 bits per heavy atom. The van der Waals surface area contributed by atoms with Crippen LogP contribution in [0.15, 0.2) is 42.6 Å². The molecule has 0 bridgehead atoms. The van der Waals surface area contributed by atoms with E-state index in [1.807, 2.05) is 13.8 Å². The molecular weight excluding hydrogens is 321 g/mol. The fraction of sp³-hybridized carbons (Fsp3) is 0.368. The summed E-state index contributed by atoms with van der Waals surface area (Å²) in [5, 5.41) is 2.90. The number of carbonyl (C=O) groups is 1. The summed E-state index contributed by atoms with van der Waals surface area (Å²) in [6.07, 6.45) is 2.98. The van der Waals surface area contributed by atoms with E-state index in [9.17, 15) is 9.18 Å². The zero-order valence-electron chi connectivity index (χ0n) is 14.6. The van der Waals surface area contributed by atoms with Gasteiger partial charge in [0.05, 0.1) is 17.7 Å². The van der Waals surface area contributed by atoms with Crippen molar-refractivity contribution in [3.8, 4) is 11.5 Å². The number of nitrogens with one attached hydrogen (secondary N) is 1. The average molecular weight is 345 g/mol. The van der Waals surface area contributed by atoms with Gasteiger partial charge >= 0.3 is 0 Å². The van der Waals surface area contributed by atoms with Crippen LogP contribution in [0.5, 0.6) is 11.5 Å². The molecule has 0 aliphatic rings. The fourth-order valence-corrected chi connectivity index (χ4v) is 2.57. The number of ether oxygens (including phenoxy) is 1. The normalized spacial score (nSPS) is 11.2. The lowest BCUT2D eigenvalue weighted by molar-refractivity contribution is -0.131. The smallest absolute Gasteiger partial charge is 0.227 e. The van der Waals surface area contributed by atoms with Crippen LogP contribution >= 0.6 is 0 Å². The lowest BCUT2D eigenvalue weighted by Crippen LogP contribution is -2.45. The Bertz CT molecular complexity index is 692. The molecular formula is C19H24FN3O2. The molecule has 5 nitrogen and oxygen atoms in total. The molecule has 1 heterocycles. The first-order chi connectivity index (χ1) is 12.0. The Labute approximate surface area is 147 Å². The van der Waals surface area contributed by atoms with Crippen molar-refractivity contribution in [2.24, 2.45) is 11.1 Å². The number of pyridine rings is 1. The summed E-state index contributed by atoms with van der Waals surface area (Å²) in [5.41, 5.74) is 5.93. The Kier molecular flexibility index (Phi) is 6.47. The summed E-state index contributed by atoms with van der Waals surface area (Å²) in [5.74, 6) is 0.719. The molecule has 134 valence electrons. The highest BCUT2D eigenvalue weighted by Crippen LogP contribution is 2.25. The maximum atomic E-state index is 12.9. The second kappa shape index (κ2) is 8.58. The number of aromatic nitrogens is 1. The van der Waals surface area contributed by atoms with Crippen LogP contribution in [0, 0.1) is 11.2 Å². The van der Waals surface area contributed by atoms with Gasteiger partial charge in [-0.2, -0.15) is 0 Å². The van der Waals surface area contributed by atoms with Gasteiger partial charge in [0.2, 0.25) is 5.91 Å². The first-order valence-corrected chi connectivity index (χ1v) is 8.39. The van der Waals surface area contributed by atoms with Crippen molar-refractivity contribution in [1.82, 2.24) is 10.3 Å². The minimum Gasteiger partial charge on any atom is -0.457 e. The number of halogens is 1. The molecule has 0 saturated carbocycles. The van der Waals surface area contributed by atoms with Crippen LogP contribution in [0.3, 0.4) is 0 Å². The summed E-state index contributed by atoms with van der Waals surface area (Å²) in [6, 6.07) is 9.21. The van der Waals surface area contributed by atoms with Crippen molar-refractivity contribution in [2.45, 2.75) is 33.2 Å². The molecule has 0 fully saturated rings. The molecule has 0 atom stereocenters. The molecule has 0 aliphatic carbocycles. The molecule has 2 aromatic rings. The third-order valence-corrected chi connectivity index (χ3v) is 4.49. The Morgan fingerprint density at radius 2 is 1.88 bits per heavy atom. The zero-order chi connectivity index (χ0) is 18.3. The van der Waals surface area contributed by atoms with Crippen LogP contribution in [-0.4, -0.2) is 17.4 Å². The van der Waals surface area contributed by atoms with E-state index in [0.717, 1.165) is 0 Å². The summed E-state index contributed by atoms with van der Waals surface area (Å²) in [4.78, 5) is 16.7. The van der Waals surface area contributed by atoms with Crippen LogP contribution in [0.2, 0.25) is 0 Å². The zero-order valence-corrected chi connectivity index (χ0v) is 14.6. The highest BCUT2D eigenvalue weighted by atomic mass is 19.1. The van der Waals surface area contributed by atoms with Gasteiger partial charge < -0.3 is 15.8 Å². The van der Waals surface area contributed by atoms with E-state index in [2.05, 4.69) is 10.3 Å². The summed E-state index contributed by atoms with van der Waals surface area (Å²) >= 11 is 0. The third kappa shape index (κ3) is 4.76. The molecule has 0 saturated heterocycles. The molecule has 1 aromatic heterocycles. The van der Waals surface area contributed by atoms with E-state index >= 15 is 0 Å². The van der Waals surface area contributed by atoms with Crippen molar-refractivity contribution in [3.63, 3.8) is 0 Å². The summed E-state index contributed by atoms with van der Waals surface area (Å²) in [6.45, 7) is 4.53.